The second-order valence-electron chi connectivity index (χ2n) is 6.62. The van der Waals surface area contributed by atoms with Gasteiger partial charge in [-0.15, -0.1) is 4.40 Å². The molecule has 156 valence electrons. The Bertz CT molecular complexity index is 1120. The monoisotopic (exact) mass is 486 g/mol. The minimum Gasteiger partial charge on any atom is -0.492 e. The normalized spacial score (nSPS) is 11.9. The average molecular weight is 487 g/mol. The summed E-state index contributed by atoms with van der Waals surface area (Å²) in [6.45, 7) is 2.68. The summed E-state index contributed by atoms with van der Waals surface area (Å²) in [6.07, 6.45) is 0. The molecule has 7 heteroatoms. The van der Waals surface area contributed by atoms with Crippen LogP contribution in [0.5, 0.6) is 5.75 Å². The van der Waals surface area contributed by atoms with Gasteiger partial charge in [-0.05, 0) is 30.7 Å². The summed E-state index contributed by atoms with van der Waals surface area (Å²) < 4.78 is 37.0. The summed E-state index contributed by atoms with van der Waals surface area (Å²) in [5.41, 5.74) is 1.77. The number of rotatable bonds is 7. The lowest BCUT2D eigenvalue weighted by molar-refractivity contribution is 0.331. The highest BCUT2D eigenvalue weighted by atomic mass is 79.9. The van der Waals surface area contributed by atoms with Crippen molar-refractivity contribution in [1.82, 2.24) is 4.90 Å². The van der Waals surface area contributed by atoms with E-state index in [0.29, 0.717) is 29.0 Å². The molecule has 0 bridgehead atoms. The topological polar surface area (TPSA) is 59.0 Å². The fourth-order valence-electron chi connectivity index (χ4n) is 2.98. The van der Waals surface area contributed by atoms with Gasteiger partial charge in [0.05, 0.1) is 6.61 Å². The van der Waals surface area contributed by atoms with E-state index in [4.69, 9.17) is 4.74 Å². The Labute approximate surface area is 186 Å². The third-order valence-electron chi connectivity index (χ3n) is 4.35. The summed E-state index contributed by atoms with van der Waals surface area (Å²) in [4.78, 5) is 1.86. The van der Waals surface area contributed by atoms with Gasteiger partial charge >= 0.3 is 0 Å². The van der Waals surface area contributed by atoms with Crippen LogP contribution in [0.3, 0.4) is 0 Å². The molecule has 3 rings (SSSR count). The summed E-state index contributed by atoms with van der Waals surface area (Å²) in [6, 6.07) is 24.0. The Balaban J connectivity index is 2.08. The molecular weight excluding hydrogens is 464 g/mol. The molecule has 3 aromatic carbocycles. The number of nitrogens with zero attached hydrogens (tertiary/aromatic N) is 2. The molecule has 0 amide bonds. The zero-order chi connectivity index (χ0) is 21.6. The summed E-state index contributed by atoms with van der Waals surface area (Å²) in [5.74, 6) is 0.643. The van der Waals surface area contributed by atoms with Crippen LogP contribution in [0.4, 0.5) is 0 Å². The van der Waals surface area contributed by atoms with Gasteiger partial charge < -0.3 is 9.64 Å². The molecule has 5 nitrogen and oxygen atoms in total. The molecule has 0 aliphatic rings. The highest BCUT2D eigenvalue weighted by molar-refractivity contribution is 9.10. The Hall–Kier alpha value is -2.64. The molecule has 30 heavy (non-hydrogen) atoms. The number of hydrogen-bond acceptors (Lipinski definition) is 3. The molecule has 0 spiro atoms. The van der Waals surface area contributed by atoms with Crippen LogP contribution in [0.1, 0.15) is 18.1 Å². The maximum absolute atomic E-state index is 13.3. The zero-order valence-electron chi connectivity index (χ0n) is 16.8. The van der Waals surface area contributed by atoms with Crippen LogP contribution in [0, 0.1) is 0 Å². The molecule has 0 radical (unpaired) electrons. The fourth-order valence-corrected chi connectivity index (χ4v) is 4.72. The Morgan fingerprint density at radius 2 is 1.63 bits per heavy atom. The number of halogens is 1. The molecule has 0 atom stereocenters. The summed E-state index contributed by atoms with van der Waals surface area (Å²) in [7, 11) is -2.20. The first-order chi connectivity index (χ1) is 14.4. The van der Waals surface area contributed by atoms with E-state index in [9.17, 15) is 8.42 Å². The van der Waals surface area contributed by atoms with Gasteiger partial charge in [0, 0.05) is 23.6 Å². The lowest BCUT2D eigenvalue weighted by Crippen LogP contribution is -2.28. The first kappa shape index (κ1) is 22.1. The van der Waals surface area contributed by atoms with Crippen molar-refractivity contribution in [2.75, 3.05) is 13.7 Å². The molecule has 0 saturated heterocycles. The Kier molecular flexibility index (Phi) is 7.29. The first-order valence-corrected chi connectivity index (χ1v) is 11.7. The molecule has 0 unspecified atom stereocenters. The van der Waals surface area contributed by atoms with E-state index >= 15 is 0 Å². The lowest BCUT2D eigenvalue weighted by atomic mass is 10.1. The average Bonchev–Trinajstić information content (AvgIpc) is 2.75. The minimum absolute atomic E-state index is 0.0280. The van der Waals surface area contributed by atoms with Gasteiger partial charge in [-0.1, -0.05) is 76.6 Å². The maximum atomic E-state index is 13.3. The predicted octanol–water partition coefficient (Wildman–Crippen LogP) is 5.12. The van der Waals surface area contributed by atoms with Crippen LogP contribution in [-0.4, -0.2) is 32.8 Å². The second-order valence-corrected chi connectivity index (χ2v) is 9.11. The zero-order valence-corrected chi connectivity index (χ0v) is 19.2. The smallest absolute Gasteiger partial charge is 0.288 e. The number of sulfonamides is 1. The second kappa shape index (κ2) is 9.91. The van der Waals surface area contributed by atoms with Crippen molar-refractivity contribution in [2.24, 2.45) is 4.40 Å². The predicted molar refractivity (Wildman–Crippen MR) is 123 cm³/mol. The standard InChI is InChI=1S/C23H23BrN2O3S/c1-3-29-21-15-14-20(24)16-22(21)30(27,28)25-23(19-12-8-5-9-13-19)26(2)17-18-10-6-4-7-11-18/h4-16H,3,17H2,1-2H3/b25-23-. The minimum atomic E-state index is -4.03. The van der Waals surface area contributed by atoms with E-state index in [0.717, 1.165) is 5.56 Å². The van der Waals surface area contributed by atoms with Crippen molar-refractivity contribution in [3.05, 3.63) is 94.5 Å². The van der Waals surface area contributed by atoms with Gasteiger partial charge in [-0.25, -0.2) is 0 Å². The van der Waals surface area contributed by atoms with Crippen LogP contribution in [0.15, 0.2) is 92.6 Å². The van der Waals surface area contributed by atoms with Crippen molar-refractivity contribution in [3.63, 3.8) is 0 Å². The molecule has 0 N–H and O–H groups in total. The quantitative estimate of drug-likeness (QED) is 0.343. The highest BCUT2D eigenvalue weighted by Crippen LogP contribution is 2.29. The van der Waals surface area contributed by atoms with Gasteiger partial charge in [0.25, 0.3) is 10.0 Å². The van der Waals surface area contributed by atoms with Crippen molar-refractivity contribution in [2.45, 2.75) is 18.4 Å². The van der Waals surface area contributed by atoms with Crippen molar-refractivity contribution < 1.29 is 13.2 Å². The maximum Gasteiger partial charge on any atom is 0.288 e. The Morgan fingerprint density at radius 3 is 2.27 bits per heavy atom. The van der Waals surface area contributed by atoms with E-state index in [1.807, 2.05) is 79.5 Å². The Morgan fingerprint density at radius 1 is 1.00 bits per heavy atom. The molecule has 0 heterocycles. The molecular formula is C23H23BrN2O3S. The molecule has 0 fully saturated rings. The van der Waals surface area contributed by atoms with Gasteiger partial charge in [0.15, 0.2) is 0 Å². The number of amidine groups is 1. The van der Waals surface area contributed by atoms with Gasteiger partial charge in [0.1, 0.15) is 16.5 Å². The third kappa shape index (κ3) is 5.49. The van der Waals surface area contributed by atoms with Crippen LogP contribution in [0.2, 0.25) is 0 Å². The van der Waals surface area contributed by atoms with E-state index in [2.05, 4.69) is 20.3 Å². The van der Waals surface area contributed by atoms with E-state index in [-0.39, 0.29) is 10.6 Å². The SMILES string of the molecule is CCOc1ccc(Br)cc1S(=O)(=O)/N=C(/c1ccccc1)N(C)Cc1ccccc1. The van der Waals surface area contributed by atoms with Gasteiger partial charge in [-0.3, -0.25) is 0 Å². The van der Waals surface area contributed by atoms with Crippen LogP contribution < -0.4 is 4.74 Å². The highest BCUT2D eigenvalue weighted by Gasteiger charge is 2.23. The number of benzene rings is 3. The van der Waals surface area contributed by atoms with E-state index in [1.54, 1.807) is 12.1 Å². The molecule has 0 aromatic heterocycles. The summed E-state index contributed by atoms with van der Waals surface area (Å²) >= 11 is 3.35. The van der Waals surface area contributed by atoms with Crippen molar-refractivity contribution in [1.29, 1.82) is 0 Å². The van der Waals surface area contributed by atoms with Crippen molar-refractivity contribution in [3.8, 4) is 5.75 Å². The largest absolute Gasteiger partial charge is 0.492 e. The van der Waals surface area contributed by atoms with E-state index in [1.165, 1.54) is 6.07 Å². The van der Waals surface area contributed by atoms with E-state index < -0.39 is 10.0 Å². The number of hydrogen-bond donors (Lipinski definition) is 0. The molecule has 3 aromatic rings. The third-order valence-corrected chi connectivity index (χ3v) is 6.13. The van der Waals surface area contributed by atoms with Gasteiger partial charge in [-0.2, -0.15) is 8.42 Å². The van der Waals surface area contributed by atoms with Gasteiger partial charge in [0.2, 0.25) is 0 Å². The van der Waals surface area contributed by atoms with Crippen LogP contribution in [0.25, 0.3) is 0 Å². The lowest BCUT2D eigenvalue weighted by Gasteiger charge is -2.22. The van der Waals surface area contributed by atoms with Crippen molar-refractivity contribution >= 4 is 31.8 Å². The molecule has 0 saturated carbocycles. The van der Waals surface area contributed by atoms with Crippen LogP contribution >= 0.6 is 15.9 Å². The summed E-state index contributed by atoms with van der Waals surface area (Å²) in [5, 5.41) is 0. The molecule has 0 aliphatic heterocycles. The number of ether oxygens (including phenoxy) is 1. The fraction of sp³-hybridized carbons (Fsp3) is 0.174. The first-order valence-electron chi connectivity index (χ1n) is 9.48. The van der Waals surface area contributed by atoms with Crippen LogP contribution in [-0.2, 0) is 16.6 Å². The molecule has 0 aliphatic carbocycles.